The largest absolute Gasteiger partial charge is 0.493 e. The van der Waals surface area contributed by atoms with Crippen molar-refractivity contribution >= 4 is 6.08 Å². The predicted octanol–water partition coefficient (Wildman–Crippen LogP) is 3.12. The van der Waals surface area contributed by atoms with Crippen LogP contribution in [-0.2, 0) is 0 Å². The third kappa shape index (κ3) is 3.76. The van der Waals surface area contributed by atoms with E-state index in [1.54, 1.807) is 25.3 Å². The Bertz CT molecular complexity index is 454. The molecule has 0 saturated carbocycles. The Morgan fingerprint density at radius 3 is 2.72 bits per heavy atom. The minimum absolute atomic E-state index is 0.0827. The van der Waals surface area contributed by atoms with Crippen molar-refractivity contribution in [2.24, 2.45) is 0 Å². The summed E-state index contributed by atoms with van der Waals surface area (Å²) in [6.07, 6.45) is 2.40. The molecule has 0 aromatic heterocycles. The third-order valence-corrected chi connectivity index (χ3v) is 2.31. The van der Waals surface area contributed by atoms with Crippen molar-refractivity contribution in [3.63, 3.8) is 0 Å². The fourth-order valence-corrected chi connectivity index (χ4v) is 1.40. The van der Waals surface area contributed by atoms with Crippen molar-refractivity contribution in [1.82, 2.24) is 0 Å². The highest BCUT2D eigenvalue weighted by molar-refractivity contribution is 5.56. The maximum atomic E-state index is 10.5. The second kappa shape index (κ2) is 6.64. The van der Waals surface area contributed by atoms with Crippen molar-refractivity contribution < 1.29 is 14.4 Å². The number of benzene rings is 1. The van der Waals surface area contributed by atoms with Gasteiger partial charge in [-0.3, -0.25) is 10.1 Å². The van der Waals surface area contributed by atoms with Crippen LogP contribution in [0.5, 0.6) is 11.5 Å². The Morgan fingerprint density at radius 2 is 2.17 bits per heavy atom. The topological polar surface area (TPSA) is 61.6 Å². The average Bonchev–Trinajstić information content (AvgIpc) is 2.36. The Balaban J connectivity index is 2.98. The van der Waals surface area contributed by atoms with Gasteiger partial charge in [0.25, 0.3) is 0 Å². The van der Waals surface area contributed by atoms with E-state index in [1.165, 1.54) is 13.0 Å². The summed E-state index contributed by atoms with van der Waals surface area (Å²) in [5.41, 5.74) is 0.796. The lowest BCUT2D eigenvalue weighted by atomic mass is 10.1. The number of hydrogen-bond donors (Lipinski definition) is 0. The third-order valence-electron chi connectivity index (χ3n) is 2.31. The second-order valence-electron chi connectivity index (χ2n) is 3.80. The van der Waals surface area contributed by atoms with Crippen LogP contribution in [0.4, 0.5) is 0 Å². The van der Waals surface area contributed by atoms with Gasteiger partial charge in [0.2, 0.25) is 5.70 Å². The van der Waals surface area contributed by atoms with Crippen LogP contribution in [0, 0.1) is 10.1 Å². The van der Waals surface area contributed by atoms with Gasteiger partial charge in [-0.1, -0.05) is 13.0 Å². The Kier molecular flexibility index (Phi) is 5.17. The summed E-state index contributed by atoms with van der Waals surface area (Å²) >= 11 is 0. The van der Waals surface area contributed by atoms with Gasteiger partial charge in [0.05, 0.1) is 18.6 Å². The van der Waals surface area contributed by atoms with Gasteiger partial charge in [0.1, 0.15) is 0 Å². The lowest BCUT2D eigenvalue weighted by Crippen LogP contribution is -1.98. The van der Waals surface area contributed by atoms with E-state index in [-0.39, 0.29) is 5.70 Å². The summed E-state index contributed by atoms with van der Waals surface area (Å²) in [5, 5.41) is 10.5. The first kappa shape index (κ1) is 14.0. The first-order valence-corrected chi connectivity index (χ1v) is 5.72. The molecule has 98 valence electrons. The van der Waals surface area contributed by atoms with Crippen molar-refractivity contribution in [1.29, 1.82) is 0 Å². The molecule has 0 atom stereocenters. The predicted molar refractivity (Wildman–Crippen MR) is 69.4 cm³/mol. The SMILES string of the molecule is CCCOc1ccc(/C=C(/C)[N+](=O)[O-])cc1OC. The molecule has 5 heteroatoms. The van der Waals surface area contributed by atoms with Crippen LogP contribution in [0.2, 0.25) is 0 Å². The van der Waals surface area contributed by atoms with Gasteiger partial charge in [-0.15, -0.1) is 0 Å². The molecule has 0 amide bonds. The lowest BCUT2D eigenvalue weighted by Gasteiger charge is -2.10. The van der Waals surface area contributed by atoms with Crippen LogP contribution in [0.1, 0.15) is 25.8 Å². The van der Waals surface area contributed by atoms with E-state index >= 15 is 0 Å². The van der Waals surface area contributed by atoms with E-state index < -0.39 is 4.92 Å². The number of nitro groups is 1. The van der Waals surface area contributed by atoms with E-state index in [2.05, 4.69) is 0 Å². The van der Waals surface area contributed by atoms with Crippen LogP contribution < -0.4 is 9.47 Å². The highest BCUT2D eigenvalue weighted by atomic mass is 16.6. The number of nitrogens with zero attached hydrogens (tertiary/aromatic N) is 1. The maximum Gasteiger partial charge on any atom is 0.243 e. The molecule has 1 aromatic carbocycles. The van der Waals surface area contributed by atoms with E-state index in [0.717, 1.165) is 6.42 Å². The van der Waals surface area contributed by atoms with Gasteiger partial charge in [-0.2, -0.15) is 0 Å². The summed E-state index contributed by atoms with van der Waals surface area (Å²) < 4.78 is 10.7. The number of allylic oxidation sites excluding steroid dienone is 1. The molecule has 0 aliphatic carbocycles. The number of methoxy groups -OCH3 is 1. The smallest absolute Gasteiger partial charge is 0.243 e. The van der Waals surface area contributed by atoms with Gasteiger partial charge in [-0.25, -0.2) is 0 Å². The van der Waals surface area contributed by atoms with E-state index in [4.69, 9.17) is 9.47 Å². The van der Waals surface area contributed by atoms with Crippen LogP contribution in [0.15, 0.2) is 23.9 Å². The summed E-state index contributed by atoms with van der Waals surface area (Å²) in [6, 6.07) is 5.24. The summed E-state index contributed by atoms with van der Waals surface area (Å²) in [7, 11) is 1.54. The molecular weight excluding hydrogens is 234 g/mol. The van der Waals surface area contributed by atoms with E-state index in [9.17, 15) is 10.1 Å². The highest BCUT2D eigenvalue weighted by Crippen LogP contribution is 2.29. The Morgan fingerprint density at radius 1 is 1.44 bits per heavy atom. The first-order chi connectivity index (χ1) is 8.58. The molecular formula is C13H17NO4. The molecule has 0 radical (unpaired) electrons. The van der Waals surface area contributed by atoms with E-state index in [1.807, 2.05) is 6.92 Å². The minimum Gasteiger partial charge on any atom is -0.493 e. The molecule has 0 bridgehead atoms. The fraction of sp³-hybridized carbons (Fsp3) is 0.385. The Labute approximate surface area is 106 Å². The van der Waals surface area contributed by atoms with Gasteiger partial charge in [0, 0.05) is 13.0 Å². The lowest BCUT2D eigenvalue weighted by molar-refractivity contribution is -0.422. The van der Waals surface area contributed by atoms with Crippen molar-refractivity contribution in [3.05, 3.63) is 39.6 Å². The highest BCUT2D eigenvalue weighted by Gasteiger charge is 2.07. The molecule has 0 N–H and O–H groups in total. The molecule has 5 nitrogen and oxygen atoms in total. The standard InChI is InChI=1S/C13H17NO4/c1-4-7-18-12-6-5-11(9-13(12)17-3)8-10(2)14(15)16/h5-6,8-9H,4,7H2,1-3H3/b10-8-. The fourth-order valence-electron chi connectivity index (χ4n) is 1.40. The molecule has 0 saturated heterocycles. The summed E-state index contributed by atoms with van der Waals surface area (Å²) in [6.45, 7) is 4.08. The zero-order valence-corrected chi connectivity index (χ0v) is 10.8. The monoisotopic (exact) mass is 251 g/mol. The second-order valence-corrected chi connectivity index (χ2v) is 3.80. The average molecular weight is 251 g/mol. The summed E-state index contributed by atoms with van der Waals surface area (Å²) in [4.78, 5) is 10.1. The number of hydrogen-bond acceptors (Lipinski definition) is 4. The van der Waals surface area contributed by atoms with Crippen LogP contribution in [0.3, 0.4) is 0 Å². The van der Waals surface area contributed by atoms with Gasteiger partial charge in [0.15, 0.2) is 11.5 Å². The maximum absolute atomic E-state index is 10.5. The minimum atomic E-state index is -0.423. The van der Waals surface area contributed by atoms with Crippen molar-refractivity contribution in [3.8, 4) is 11.5 Å². The quantitative estimate of drug-likeness (QED) is 0.575. The van der Waals surface area contributed by atoms with Crippen LogP contribution >= 0.6 is 0 Å². The molecule has 1 aromatic rings. The molecule has 0 aliphatic rings. The van der Waals surface area contributed by atoms with Gasteiger partial charge >= 0.3 is 0 Å². The van der Waals surface area contributed by atoms with Gasteiger partial charge < -0.3 is 9.47 Å². The van der Waals surface area contributed by atoms with Crippen molar-refractivity contribution in [2.45, 2.75) is 20.3 Å². The molecule has 0 aliphatic heterocycles. The van der Waals surface area contributed by atoms with Crippen LogP contribution in [-0.4, -0.2) is 18.6 Å². The molecule has 0 fully saturated rings. The van der Waals surface area contributed by atoms with Crippen LogP contribution in [0.25, 0.3) is 6.08 Å². The van der Waals surface area contributed by atoms with Crippen molar-refractivity contribution in [2.75, 3.05) is 13.7 Å². The molecule has 0 unspecified atom stereocenters. The van der Waals surface area contributed by atoms with Gasteiger partial charge in [-0.05, 0) is 24.1 Å². The molecule has 0 heterocycles. The van der Waals surface area contributed by atoms with E-state index in [0.29, 0.717) is 23.7 Å². The summed E-state index contributed by atoms with van der Waals surface area (Å²) in [5.74, 6) is 1.23. The Hall–Kier alpha value is -2.04. The molecule has 0 spiro atoms. The molecule has 18 heavy (non-hydrogen) atoms. The molecule has 1 rings (SSSR count). The number of rotatable bonds is 6. The normalized spacial score (nSPS) is 11.2. The zero-order valence-electron chi connectivity index (χ0n) is 10.8. The number of ether oxygens (including phenoxy) is 2. The zero-order chi connectivity index (χ0) is 13.5. The first-order valence-electron chi connectivity index (χ1n) is 5.72.